The van der Waals surface area contributed by atoms with Gasteiger partial charge in [0.25, 0.3) is 0 Å². The molecule has 0 fully saturated rings. The Hall–Kier alpha value is -1.25. The molecule has 0 aliphatic heterocycles. The van der Waals surface area contributed by atoms with Crippen molar-refractivity contribution < 1.29 is 14.3 Å². The van der Waals surface area contributed by atoms with Crippen LogP contribution in [0.5, 0.6) is 0 Å². The van der Waals surface area contributed by atoms with Crippen LogP contribution in [0.3, 0.4) is 0 Å². The number of furan rings is 1. The topological polar surface area (TPSA) is 50.4 Å². The first-order valence-electron chi connectivity index (χ1n) is 7.93. The van der Waals surface area contributed by atoms with Gasteiger partial charge in [-0.25, -0.2) is 0 Å². The van der Waals surface area contributed by atoms with Crippen molar-refractivity contribution in [2.75, 3.05) is 0 Å². The molecule has 0 bridgehead atoms. The minimum Gasteiger partial charge on any atom is -0.481 e. The molecule has 3 heteroatoms. The van der Waals surface area contributed by atoms with E-state index in [4.69, 9.17) is 9.52 Å². The Morgan fingerprint density at radius 2 is 1.75 bits per heavy atom. The minimum absolute atomic E-state index is 0.311. The number of carboxylic acid groups (broad SMARTS) is 1. The second-order valence-electron chi connectivity index (χ2n) is 5.58. The smallest absolute Gasteiger partial charge is 0.303 e. The molecular weight excluding hydrogens is 252 g/mol. The summed E-state index contributed by atoms with van der Waals surface area (Å²) in [6.07, 6.45) is 10.1. The third-order valence-electron chi connectivity index (χ3n) is 3.61. The second-order valence-corrected chi connectivity index (χ2v) is 5.58. The molecular formula is C17H28O3. The standard InChI is InChI=1S/C17H28O3/c1-3-10-16-14(2)13-15(20-16)11-8-6-4-5-7-9-12-17(18)19/h13H,3-12H2,1-2H3,(H,18,19). The van der Waals surface area contributed by atoms with Gasteiger partial charge >= 0.3 is 5.97 Å². The maximum Gasteiger partial charge on any atom is 0.303 e. The Balaban J connectivity index is 2.06. The van der Waals surface area contributed by atoms with Gasteiger partial charge in [0.2, 0.25) is 0 Å². The highest BCUT2D eigenvalue weighted by Crippen LogP contribution is 2.18. The maximum absolute atomic E-state index is 10.4. The summed E-state index contributed by atoms with van der Waals surface area (Å²) in [5.41, 5.74) is 1.29. The number of unbranched alkanes of at least 4 members (excludes halogenated alkanes) is 5. The van der Waals surface area contributed by atoms with E-state index in [-0.39, 0.29) is 0 Å². The molecule has 0 aliphatic rings. The molecule has 1 aromatic heterocycles. The highest BCUT2D eigenvalue weighted by Gasteiger charge is 2.06. The van der Waals surface area contributed by atoms with E-state index < -0.39 is 5.97 Å². The predicted octanol–water partition coefficient (Wildman–Crippen LogP) is 4.90. The van der Waals surface area contributed by atoms with E-state index >= 15 is 0 Å². The van der Waals surface area contributed by atoms with E-state index in [1.54, 1.807) is 0 Å². The van der Waals surface area contributed by atoms with Crippen LogP contribution in [-0.2, 0) is 17.6 Å². The SMILES string of the molecule is CCCc1oc(CCCCCCCCC(=O)O)cc1C. The number of aryl methyl sites for hydroxylation is 3. The van der Waals surface area contributed by atoms with Crippen molar-refractivity contribution in [3.8, 4) is 0 Å². The number of hydrogen-bond acceptors (Lipinski definition) is 2. The van der Waals surface area contributed by atoms with Crippen molar-refractivity contribution in [1.82, 2.24) is 0 Å². The summed E-state index contributed by atoms with van der Waals surface area (Å²) in [7, 11) is 0. The summed E-state index contributed by atoms with van der Waals surface area (Å²) < 4.78 is 5.86. The van der Waals surface area contributed by atoms with Crippen molar-refractivity contribution in [3.63, 3.8) is 0 Å². The van der Waals surface area contributed by atoms with Gasteiger partial charge in [0.1, 0.15) is 11.5 Å². The molecule has 0 aromatic carbocycles. The lowest BCUT2D eigenvalue weighted by Gasteiger charge is -2.00. The molecule has 20 heavy (non-hydrogen) atoms. The molecule has 0 aliphatic carbocycles. The van der Waals surface area contributed by atoms with Crippen LogP contribution in [0.25, 0.3) is 0 Å². The van der Waals surface area contributed by atoms with Gasteiger partial charge in [-0.3, -0.25) is 4.79 Å². The fraction of sp³-hybridized carbons (Fsp3) is 0.706. The van der Waals surface area contributed by atoms with Crippen molar-refractivity contribution >= 4 is 5.97 Å². The van der Waals surface area contributed by atoms with Gasteiger partial charge < -0.3 is 9.52 Å². The van der Waals surface area contributed by atoms with Crippen LogP contribution in [0.15, 0.2) is 10.5 Å². The number of carboxylic acids is 1. The average molecular weight is 280 g/mol. The van der Waals surface area contributed by atoms with Gasteiger partial charge in [-0.15, -0.1) is 0 Å². The summed E-state index contributed by atoms with van der Waals surface area (Å²) in [4.78, 5) is 10.4. The summed E-state index contributed by atoms with van der Waals surface area (Å²) in [5, 5.41) is 8.53. The van der Waals surface area contributed by atoms with E-state index in [1.807, 2.05) is 0 Å². The van der Waals surface area contributed by atoms with Gasteiger partial charge in [-0.1, -0.05) is 32.6 Å². The van der Waals surface area contributed by atoms with Crippen LogP contribution < -0.4 is 0 Å². The second kappa shape index (κ2) is 9.62. The Morgan fingerprint density at radius 1 is 1.10 bits per heavy atom. The number of carbonyl (C=O) groups is 1. The largest absolute Gasteiger partial charge is 0.481 e. The first kappa shape index (κ1) is 16.8. The summed E-state index contributed by atoms with van der Waals surface area (Å²) in [6, 6.07) is 2.18. The average Bonchev–Trinajstić information content (AvgIpc) is 2.73. The Labute approximate surface area is 122 Å². The maximum atomic E-state index is 10.4. The van der Waals surface area contributed by atoms with Crippen LogP contribution in [0.4, 0.5) is 0 Å². The third-order valence-corrected chi connectivity index (χ3v) is 3.61. The molecule has 0 radical (unpaired) electrons. The van der Waals surface area contributed by atoms with Crippen molar-refractivity contribution in [1.29, 1.82) is 0 Å². The Morgan fingerprint density at radius 3 is 2.40 bits per heavy atom. The first-order chi connectivity index (χ1) is 9.63. The minimum atomic E-state index is -0.680. The molecule has 0 saturated heterocycles. The van der Waals surface area contributed by atoms with E-state index in [2.05, 4.69) is 19.9 Å². The normalized spacial score (nSPS) is 10.9. The van der Waals surface area contributed by atoms with Crippen LogP contribution in [-0.4, -0.2) is 11.1 Å². The quantitative estimate of drug-likeness (QED) is 0.587. The summed E-state index contributed by atoms with van der Waals surface area (Å²) in [5.74, 6) is 1.59. The van der Waals surface area contributed by atoms with Crippen molar-refractivity contribution in [2.45, 2.75) is 78.1 Å². The Bertz CT molecular complexity index is 393. The number of rotatable bonds is 11. The van der Waals surface area contributed by atoms with Crippen molar-refractivity contribution in [2.24, 2.45) is 0 Å². The van der Waals surface area contributed by atoms with Gasteiger partial charge in [0.15, 0.2) is 0 Å². The predicted molar refractivity (Wildman–Crippen MR) is 81.1 cm³/mol. The zero-order valence-corrected chi connectivity index (χ0v) is 12.9. The molecule has 1 N–H and O–H groups in total. The fourth-order valence-electron chi connectivity index (χ4n) is 2.47. The lowest BCUT2D eigenvalue weighted by Crippen LogP contribution is -1.93. The molecule has 1 aromatic rings. The van der Waals surface area contributed by atoms with Crippen molar-refractivity contribution in [3.05, 3.63) is 23.2 Å². The van der Waals surface area contributed by atoms with Crippen LogP contribution >= 0.6 is 0 Å². The summed E-state index contributed by atoms with van der Waals surface area (Å²) >= 11 is 0. The highest BCUT2D eigenvalue weighted by molar-refractivity contribution is 5.66. The van der Waals surface area contributed by atoms with Gasteiger partial charge in [0, 0.05) is 19.3 Å². The summed E-state index contributed by atoms with van der Waals surface area (Å²) in [6.45, 7) is 4.30. The van der Waals surface area contributed by atoms with E-state index in [9.17, 15) is 4.79 Å². The fourth-order valence-corrected chi connectivity index (χ4v) is 2.47. The van der Waals surface area contributed by atoms with E-state index in [0.29, 0.717) is 6.42 Å². The van der Waals surface area contributed by atoms with E-state index in [1.165, 1.54) is 18.4 Å². The first-order valence-corrected chi connectivity index (χ1v) is 7.93. The molecule has 0 spiro atoms. The number of aliphatic carboxylic acids is 1. The number of hydrogen-bond donors (Lipinski definition) is 1. The zero-order chi connectivity index (χ0) is 14.8. The molecule has 1 heterocycles. The molecule has 114 valence electrons. The Kier molecular flexibility index (Phi) is 8.08. The lowest BCUT2D eigenvalue weighted by molar-refractivity contribution is -0.137. The van der Waals surface area contributed by atoms with Gasteiger partial charge in [-0.05, 0) is 37.8 Å². The van der Waals surface area contributed by atoms with Crippen LogP contribution in [0, 0.1) is 6.92 Å². The molecule has 0 unspecified atom stereocenters. The molecule has 3 nitrogen and oxygen atoms in total. The van der Waals surface area contributed by atoms with Gasteiger partial charge in [-0.2, -0.15) is 0 Å². The molecule has 0 amide bonds. The lowest BCUT2D eigenvalue weighted by atomic mass is 10.1. The third kappa shape index (κ3) is 6.78. The highest BCUT2D eigenvalue weighted by atomic mass is 16.4. The molecule has 0 saturated carbocycles. The van der Waals surface area contributed by atoms with Crippen LogP contribution in [0.2, 0.25) is 0 Å². The van der Waals surface area contributed by atoms with Gasteiger partial charge in [0.05, 0.1) is 0 Å². The zero-order valence-electron chi connectivity index (χ0n) is 12.9. The van der Waals surface area contributed by atoms with E-state index in [0.717, 1.165) is 56.5 Å². The molecule has 0 atom stereocenters. The monoisotopic (exact) mass is 280 g/mol. The van der Waals surface area contributed by atoms with Crippen LogP contribution in [0.1, 0.15) is 75.4 Å². The molecule has 1 rings (SSSR count).